The number of fused-ring (bicyclic) bond motifs is 1. The quantitative estimate of drug-likeness (QED) is 0.660. The van der Waals surface area contributed by atoms with E-state index in [0.717, 1.165) is 36.2 Å². The number of hydrogen-bond acceptors (Lipinski definition) is 3. The molecular formula is C22H25N3O2. The first-order valence-electron chi connectivity index (χ1n) is 9.68. The van der Waals surface area contributed by atoms with Gasteiger partial charge in [-0.05, 0) is 49.6 Å². The van der Waals surface area contributed by atoms with Gasteiger partial charge in [0.05, 0.1) is 30.0 Å². The Labute approximate surface area is 159 Å². The second kappa shape index (κ2) is 7.82. The molecule has 4 rings (SSSR count). The molecule has 0 saturated carbocycles. The summed E-state index contributed by atoms with van der Waals surface area (Å²) in [6.45, 7) is 4.14. The summed E-state index contributed by atoms with van der Waals surface area (Å²) in [6.07, 6.45) is 4.39. The highest BCUT2D eigenvalue weighted by Crippen LogP contribution is 2.33. The third-order valence-electron chi connectivity index (χ3n) is 5.24. The number of carbonyl (C=O) groups is 1. The first-order valence-corrected chi connectivity index (χ1v) is 9.68. The number of aryl methyl sites for hydroxylation is 1. The van der Waals surface area contributed by atoms with Gasteiger partial charge < -0.3 is 14.2 Å². The minimum Gasteiger partial charge on any atom is -0.494 e. The second-order valence-electron chi connectivity index (χ2n) is 6.92. The highest BCUT2D eigenvalue weighted by molar-refractivity contribution is 5.78. The van der Waals surface area contributed by atoms with Gasteiger partial charge in [0.2, 0.25) is 5.91 Å². The molecule has 5 nitrogen and oxygen atoms in total. The van der Waals surface area contributed by atoms with Crippen LogP contribution in [0.2, 0.25) is 0 Å². The van der Waals surface area contributed by atoms with E-state index in [9.17, 15) is 4.79 Å². The number of hydrogen-bond donors (Lipinski definition) is 0. The van der Waals surface area contributed by atoms with Crippen LogP contribution in [-0.4, -0.2) is 33.5 Å². The predicted molar refractivity (Wildman–Crippen MR) is 106 cm³/mol. The average Bonchev–Trinajstić information content (AvgIpc) is 3.34. The van der Waals surface area contributed by atoms with Gasteiger partial charge in [0, 0.05) is 19.5 Å². The van der Waals surface area contributed by atoms with Crippen LogP contribution < -0.4 is 4.74 Å². The van der Waals surface area contributed by atoms with Crippen LogP contribution in [0.3, 0.4) is 0 Å². The molecule has 1 atom stereocenters. The van der Waals surface area contributed by atoms with Crippen molar-refractivity contribution in [2.75, 3.05) is 13.2 Å². The summed E-state index contributed by atoms with van der Waals surface area (Å²) in [5, 5.41) is 0. The molecule has 1 aliphatic heterocycles. The summed E-state index contributed by atoms with van der Waals surface area (Å²) in [4.78, 5) is 19.3. The van der Waals surface area contributed by atoms with Crippen LogP contribution in [-0.2, 0) is 11.3 Å². The van der Waals surface area contributed by atoms with Crippen molar-refractivity contribution in [3.05, 3.63) is 60.4 Å². The van der Waals surface area contributed by atoms with Crippen molar-refractivity contribution in [2.24, 2.45) is 0 Å². The lowest BCUT2D eigenvalue weighted by Gasteiger charge is -2.25. The molecule has 27 heavy (non-hydrogen) atoms. The Bertz CT molecular complexity index is 917. The summed E-state index contributed by atoms with van der Waals surface area (Å²) in [5.41, 5.74) is 3.24. The maximum Gasteiger partial charge on any atom is 0.224 e. The first-order chi connectivity index (χ1) is 13.3. The van der Waals surface area contributed by atoms with E-state index in [-0.39, 0.29) is 11.9 Å². The first kappa shape index (κ1) is 17.6. The second-order valence-corrected chi connectivity index (χ2v) is 6.92. The maximum absolute atomic E-state index is 12.9. The molecule has 1 saturated heterocycles. The molecule has 1 amide bonds. The Hall–Kier alpha value is -2.82. The number of carbonyl (C=O) groups excluding carboxylic acids is 1. The molecular weight excluding hydrogens is 338 g/mol. The lowest BCUT2D eigenvalue weighted by atomic mass is 10.0. The molecule has 0 N–H and O–H groups in total. The summed E-state index contributed by atoms with van der Waals surface area (Å²) >= 11 is 0. The van der Waals surface area contributed by atoms with Gasteiger partial charge in [-0.25, -0.2) is 4.98 Å². The van der Waals surface area contributed by atoms with Crippen molar-refractivity contribution in [3.63, 3.8) is 0 Å². The molecule has 3 aromatic rings. The molecule has 140 valence electrons. The molecule has 2 heterocycles. The Morgan fingerprint density at radius 1 is 1.19 bits per heavy atom. The highest BCUT2D eigenvalue weighted by Gasteiger charge is 2.29. The zero-order valence-corrected chi connectivity index (χ0v) is 15.7. The summed E-state index contributed by atoms with van der Waals surface area (Å²) in [6, 6.07) is 16.4. The van der Waals surface area contributed by atoms with Crippen LogP contribution >= 0.6 is 0 Å². The molecule has 0 radical (unpaired) electrons. The molecule has 2 aromatic carbocycles. The molecule has 0 bridgehead atoms. The van der Waals surface area contributed by atoms with Crippen molar-refractivity contribution in [1.82, 2.24) is 14.5 Å². The molecule has 1 fully saturated rings. The van der Waals surface area contributed by atoms with Crippen molar-refractivity contribution in [1.29, 1.82) is 0 Å². The van der Waals surface area contributed by atoms with Crippen LogP contribution in [0.15, 0.2) is 54.9 Å². The van der Waals surface area contributed by atoms with E-state index in [4.69, 9.17) is 4.74 Å². The smallest absolute Gasteiger partial charge is 0.224 e. The van der Waals surface area contributed by atoms with Crippen molar-refractivity contribution >= 4 is 16.9 Å². The van der Waals surface area contributed by atoms with Crippen LogP contribution in [0, 0.1) is 0 Å². The normalized spacial score (nSPS) is 16.8. The molecule has 1 aliphatic rings. The van der Waals surface area contributed by atoms with E-state index < -0.39 is 0 Å². The van der Waals surface area contributed by atoms with Crippen molar-refractivity contribution in [3.8, 4) is 5.75 Å². The monoisotopic (exact) mass is 363 g/mol. The van der Waals surface area contributed by atoms with E-state index in [1.54, 1.807) is 0 Å². The summed E-state index contributed by atoms with van der Waals surface area (Å²) < 4.78 is 7.59. The molecule has 5 heteroatoms. The number of nitrogens with zero attached hydrogens (tertiary/aromatic N) is 3. The van der Waals surface area contributed by atoms with Crippen LogP contribution in [0.25, 0.3) is 11.0 Å². The van der Waals surface area contributed by atoms with Gasteiger partial charge in [-0.1, -0.05) is 24.3 Å². The molecule has 1 unspecified atom stereocenters. The van der Waals surface area contributed by atoms with E-state index in [1.807, 2.05) is 54.5 Å². The number of imidazole rings is 1. The minimum absolute atomic E-state index is 0.174. The van der Waals surface area contributed by atoms with Gasteiger partial charge in [-0.2, -0.15) is 0 Å². The number of likely N-dealkylation sites (tertiary alicyclic amines) is 1. The van der Waals surface area contributed by atoms with Crippen molar-refractivity contribution < 1.29 is 9.53 Å². The largest absolute Gasteiger partial charge is 0.494 e. The number of para-hydroxylation sites is 2. The zero-order valence-electron chi connectivity index (χ0n) is 15.7. The van der Waals surface area contributed by atoms with Gasteiger partial charge in [0.25, 0.3) is 0 Å². The Balaban J connectivity index is 1.43. The van der Waals surface area contributed by atoms with E-state index in [1.165, 1.54) is 5.56 Å². The van der Waals surface area contributed by atoms with Gasteiger partial charge in [0.1, 0.15) is 5.75 Å². The van der Waals surface area contributed by atoms with E-state index in [0.29, 0.717) is 19.6 Å². The van der Waals surface area contributed by atoms with Crippen LogP contribution in [0.5, 0.6) is 5.75 Å². The predicted octanol–water partition coefficient (Wildman–Crippen LogP) is 4.19. The van der Waals surface area contributed by atoms with Gasteiger partial charge in [0.15, 0.2) is 0 Å². The van der Waals surface area contributed by atoms with Gasteiger partial charge >= 0.3 is 0 Å². The molecule has 0 aliphatic carbocycles. The van der Waals surface area contributed by atoms with E-state index in [2.05, 4.69) is 21.7 Å². The van der Waals surface area contributed by atoms with Gasteiger partial charge in [-0.3, -0.25) is 4.79 Å². The topological polar surface area (TPSA) is 47.4 Å². The fraction of sp³-hybridized carbons (Fsp3) is 0.364. The number of benzene rings is 2. The Morgan fingerprint density at radius 3 is 2.81 bits per heavy atom. The van der Waals surface area contributed by atoms with Crippen molar-refractivity contribution in [2.45, 2.75) is 38.8 Å². The highest BCUT2D eigenvalue weighted by atomic mass is 16.5. The lowest BCUT2D eigenvalue weighted by Crippen LogP contribution is -2.31. The van der Waals surface area contributed by atoms with Crippen LogP contribution in [0.1, 0.15) is 37.8 Å². The standard InChI is InChI=1S/C22H25N3O2/c1-2-27-18-11-9-17(10-12-18)20-8-5-14-25(20)22(26)13-15-24-16-23-19-6-3-4-7-21(19)24/h3-4,6-7,9-12,16,20H,2,5,8,13-15H2,1H3. The fourth-order valence-corrected chi connectivity index (χ4v) is 3.91. The third kappa shape index (κ3) is 3.68. The SMILES string of the molecule is CCOc1ccc(C2CCCN2C(=O)CCn2cnc3ccccc32)cc1. The average molecular weight is 363 g/mol. The number of amides is 1. The summed E-state index contributed by atoms with van der Waals surface area (Å²) in [5.74, 6) is 1.09. The summed E-state index contributed by atoms with van der Waals surface area (Å²) in [7, 11) is 0. The van der Waals surface area contributed by atoms with E-state index >= 15 is 0 Å². The Kier molecular flexibility index (Phi) is 5.10. The molecule has 1 aromatic heterocycles. The Morgan fingerprint density at radius 2 is 2.00 bits per heavy atom. The number of ether oxygens (including phenoxy) is 1. The van der Waals surface area contributed by atoms with Gasteiger partial charge in [-0.15, -0.1) is 0 Å². The zero-order chi connectivity index (χ0) is 18.6. The fourth-order valence-electron chi connectivity index (χ4n) is 3.91. The third-order valence-corrected chi connectivity index (χ3v) is 5.24. The number of aromatic nitrogens is 2. The lowest BCUT2D eigenvalue weighted by molar-refractivity contribution is -0.132. The molecule has 0 spiro atoms. The van der Waals surface area contributed by atoms with Crippen LogP contribution in [0.4, 0.5) is 0 Å². The number of rotatable bonds is 6. The maximum atomic E-state index is 12.9. The minimum atomic E-state index is 0.174.